The quantitative estimate of drug-likeness (QED) is 0.266. The number of piperazine rings is 1. The van der Waals surface area contributed by atoms with Gasteiger partial charge in [0.25, 0.3) is 0 Å². The molecule has 2 aromatic heterocycles. The number of alkyl halides is 6. The maximum Gasteiger partial charge on any atom is 0.418 e. The number of benzene rings is 1. The minimum absolute atomic E-state index is 0.00341. The number of nitrogen functional groups attached to an aromatic ring is 1. The molecule has 4 aliphatic heterocycles. The third-order valence-electron chi connectivity index (χ3n) is 11.3. The van der Waals surface area contributed by atoms with E-state index in [0.29, 0.717) is 62.9 Å². The van der Waals surface area contributed by atoms with Crippen molar-refractivity contribution >= 4 is 22.5 Å². The van der Waals surface area contributed by atoms with Crippen LogP contribution in [0.3, 0.4) is 0 Å². The highest BCUT2D eigenvalue weighted by molar-refractivity contribution is 5.95. The van der Waals surface area contributed by atoms with E-state index in [2.05, 4.69) is 25.2 Å². The van der Waals surface area contributed by atoms with Crippen LogP contribution in [-0.4, -0.2) is 69.8 Å². The Bertz CT molecular complexity index is 1910. The van der Waals surface area contributed by atoms with Gasteiger partial charge in [0, 0.05) is 36.6 Å². The van der Waals surface area contributed by atoms with Crippen LogP contribution < -0.4 is 20.7 Å². The molecular weight excluding hydrogens is 674 g/mol. The van der Waals surface area contributed by atoms with Gasteiger partial charge in [0.1, 0.15) is 23.8 Å². The van der Waals surface area contributed by atoms with Crippen LogP contribution in [0.15, 0.2) is 24.0 Å². The predicted octanol–water partition coefficient (Wildman–Crippen LogP) is 6.95. The smallest absolute Gasteiger partial charge is 0.418 e. The summed E-state index contributed by atoms with van der Waals surface area (Å²) in [5.41, 5.74) is -1.57. The molecule has 1 aliphatic carbocycles. The molecule has 16 heteroatoms. The lowest BCUT2D eigenvalue weighted by Gasteiger charge is -2.42. The standard InChI is InChI=1S/C34H35F8N7O/c1-17-9-23(43)44-28(25(17)34(40,41)42)24-22(33(37,38)39)10-21-27(26(24)36)45-30(50-16-31-6-2-8-49(31)13-18(11-31)12-35)46-29(21)48-14-20-5-7-32(15-48,47-20)19-3-4-19/h9-10,12,19-20,47H,2-8,11,13-16H2,1H3,(H2,43,44)/b18-12-/t20-,31-,32+/m0/s1. The minimum Gasteiger partial charge on any atom is -0.461 e. The van der Waals surface area contributed by atoms with Crippen LogP contribution in [0.25, 0.3) is 22.2 Å². The molecule has 3 N–H and O–H groups in total. The number of nitrogens with two attached hydrogens (primary N) is 1. The molecule has 0 radical (unpaired) electrons. The van der Waals surface area contributed by atoms with Crippen molar-refractivity contribution in [3.63, 3.8) is 0 Å². The number of fused-ring (bicyclic) bond motifs is 4. The van der Waals surface area contributed by atoms with Crippen molar-refractivity contribution in [3.05, 3.63) is 46.5 Å². The molecular formula is C34H35F8N7O. The number of aryl methyl sites for hydroxylation is 1. The molecule has 1 saturated carbocycles. The molecule has 1 aromatic carbocycles. The van der Waals surface area contributed by atoms with E-state index in [9.17, 15) is 30.7 Å². The summed E-state index contributed by atoms with van der Waals surface area (Å²) >= 11 is 0. The molecule has 3 atom stereocenters. The molecule has 4 saturated heterocycles. The van der Waals surface area contributed by atoms with Crippen molar-refractivity contribution in [2.75, 3.05) is 43.4 Å². The van der Waals surface area contributed by atoms with Gasteiger partial charge in [-0.1, -0.05) is 0 Å². The summed E-state index contributed by atoms with van der Waals surface area (Å²) in [4.78, 5) is 16.4. The van der Waals surface area contributed by atoms with Gasteiger partial charge in [0.15, 0.2) is 5.82 Å². The molecule has 50 heavy (non-hydrogen) atoms. The van der Waals surface area contributed by atoms with E-state index in [1.54, 1.807) is 0 Å². The number of rotatable bonds is 6. The van der Waals surface area contributed by atoms with Gasteiger partial charge in [-0.2, -0.15) is 36.3 Å². The fraction of sp³-hybridized carbons (Fsp3) is 0.559. The number of hydrogen-bond acceptors (Lipinski definition) is 8. The van der Waals surface area contributed by atoms with E-state index in [4.69, 9.17) is 10.5 Å². The normalized spacial score (nSPS) is 27.9. The third kappa shape index (κ3) is 5.44. The number of pyridine rings is 1. The van der Waals surface area contributed by atoms with Crippen LogP contribution >= 0.6 is 0 Å². The minimum atomic E-state index is -5.30. The number of hydrogen-bond donors (Lipinski definition) is 2. The van der Waals surface area contributed by atoms with Crippen molar-refractivity contribution < 1.29 is 39.9 Å². The number of nitrogens with zero attached hydrogens (tertiary/aromatic N) is 5. The third-order valence-corrected chi connectivity index (χ3v) is 11.3. The molecule has 6 heterocycles. The van der Waals surface area contributed by atoms with Gasteiger partial charge < -0.3 is 20.7 Å². The van der Waals surface area contributed by atoms with Crippen molar-refractivity contribution in [2.45, 2.75) is 81.3 Å². The SMILES string of the molecule is Cc1cc(N)nc(-c2c(C(F)(F)F)cc3c(N4C[C@@H]5CC[C@](C6CC6)(C4)N5)nc(OC[C@@]45CCCN4C/C(=C\F)C5)nc3c2F)c1C(F)(F)F. The number of ether oxygens (including phenoxy) is 1. The first kappa shape index (κ1) is 33.4. The average molecular weight is 710 g/mol. The van der Waals surface area contributed by atoms with Crippen molar-refractivity contribution in [1.29, 1.82) is 0 Å². The van der Waals surface area contributed by atoms with Crippen molar-refractivity contribution in [2.24, 2.45) is 5.92 Å². The Morgan fingerprint density at radius 3 is 2.54 bits per heavy atom. The molecule has 2 bridgehead atoms. The van der Waals surface area contributed by atoms with Crippen LogP contribution in [0.5, 0.6) is 6.01 Å². The predicted molar refractivity (Wildman–Crippen MR) is 169 cm³/mol. The molecule has 8 nitrogen and oxygen atoms in total. The lowest BCUT2D eigenvalue weighted by atomic mass is 9.90. The molecule has 3 aromatic rings. The van der Waals surface area contributed by atoms with Gasteiger partial charge in [-0.3, -0.25) is 4.90 Å². The van der Waals surface area contributed by atoms with Gasteiger partial charge in [0.2, 0.25) is 0 Å². The second kappa shape index (κ2) is 11.4. The average Bonchev–Trinajstić information content (AvgIpc) is 3.65. The molecule has 0 unspecified atom stereocenters. The zero-order valence-corrected chi connectivity index (χ0v) is 27.1. The topological polar surface area (TPSA) is 92.4 Å². The molecule has 0 spiro atoms. The van der Waals surface area contributed by atoms with Gasteiger partial charge in [-0.25, -0.2) is 13.8 Å². The monoisotopic (exact) mass is 709 g/mol. The Balaban J connectivity index is 1.33. The Morgan fingerprint density at radius 1 is 1.06 bits per heavy atom. The molecule has 268 valence electrons. The number of nitrogens with one attached hydrogen (secondary N) is 1. The highest BCUT2D eigenvalue weighted by Crippen LogP contribution is 2.51. The van der Waals surface area contributed by atoms with Gasteiger partial charge in [-0.05, 0) is 87.6 Å². The van der Waals surface area contributed by atoms with Crippen LogP contribution in [0.1, 0.15) is 61.6 Å². The van der Waals surface area contributed by atoms with Crippen LogP contribution in [0.4, 0.5) is 46.8 Å². The Hall–Kier alpha value is -3.79. The summed E-state index contributed by atoms with van der Waals surface area (Å²) in [5, 5.41) is 3.39. The molecule has 8 rings (SSSR count). The maximum atomic E-state index is 17.0. The summed E-state index contributed by atoms with van der Waals surface area (Å²) in [6.45, 7) is 2.90. The van der Waals surface area contributed by atoms with E-state index in [1.807, 2.05) is 4.90 Å². The summed E-state index contributed by atoms with van der Waals surface area (Å²) in [6.07, 6.45) is -4.28. The Morgan fingerprint density at radius 2 is 1.84 bits per heavy atom. The summed E-state index contributed by atoms with van der Waals surface area (Å²) < 4.78 is 124. The van der Waals surface area contributed by atoms with Crippen molar-refractivity contribution in [3.8, 4) is 17.3 Å². The highest BCUT2D eigenvalue weighted by Gasteiger charge is 2.54. The Labute approximate surface area is 282 Å². The first-order valence-electron chi connectivity index (χ1n) is 16.8. The largest absolute Gasteiger partial charge is 0.461 e. The second-order valence-electron chi connectivity index (χ2n) is 14.6. The summed E-state index contributed by atoms with van der Waals surface area (Å²) in [6, 6.07) is 1.16. The number of halogens is 8. The second-order valence-corrected chi connectivity index (χ2v) is 14.6. The van der Waals surface area contributed by atoms with Crippen LogP contribution in [-0.2, 0) is 12.4 Å². The summed E-state index contributed by atoms with van der Waals surface area (Å²) in [7, 11) is 0. The molecule has 5 fully saturated rings. The van der Waals surface area contributed by atoms with Crippen molar-refractivity contribution in [1.82, 2.24) is 25.2 Å². The lowest BCUT2D eigenvalue weighted by Crippen LogP contribution is -2.61. The fourth-order valence-electron chi connectivity index (χ4n) is 9.00. The van der Waals surface area contributed by atoms with E-state index in [-0.39, 0.29) is 35.4 Å². The van der Waals surface area contributed by atoms with Gasteiger partial charge in [0.05, 0.1) is 34.3 Å². The number of anilines is 2. The van der Waals surface area contributed by atoms with Crippen LogP contribution in [0.2, 0.25) is 0 Å². The fourth-order valence-corrected chi connectivity index (χ4v) is 9.00. The first-order chi connectivity index (χ1) is 23.6. The van der Waals surface area contributed by atoms with E-state index < -0.39 is 63.0 Å². The zero-order valence-electron chi connectivity index (χ0n) is 27.1. The summed E-state index contributed by atoms with van der Waals surface area (Å²) in [5.74, 6) is -1.78. The first-order valence-corrected chi connectivity index (χ1v) is 16.8. The van der Waals surface area contributed by atoms with Gasteiger partial charge >= 0.3 is 18.4 Å². The number of aromatic nitrogens is 3. The van der Waals surface area contributed by atoms with E-state index in [0.717, 1.165) is 45.1 Å². The highest BCUT2D eigenvalue weighted by atomic mass is 19.4. The maximum absolute atomic E-state index is 17.0. The molecule has 0 amide bonds. The zero-order chi connectivity index (χ0) is 35.4. The lowest BCUT2D eigenvalue weighted by molar-refractivity contribution is -0.139. The van der Waals surface area contributed by atoms with Crippen LogP contribution in [0, 0.1) is 18.7 Å². The van der Waals surface area contributed by atoms with Gasteiger partial charge in [-0.15, -0.1) is 0 Å². The van der Waals surface area contributed by atoms with E-state index >= 15 is 4.39 Å². The Kier molecular flexibility index (Phi) is 7.58. The van der Waals surface area contributed by atoms with E-state index in [1.165, 1.54) is 0 Å². The molecule has 5 aliphatic rings.